The SMILES string of the molecule is CCc1nnc(NC(=O)c2oc3ccccc3c2N)s1. The number of nitrogens with one attached hydrogen (secondary N) is 1. The van der Waals surface area contributed by atoms with E-state index in [1.165, 1.54) is 11.3 Å². The Bertz CT molecular complexity index is 778. The van der Waals surface area contributed by atoms with E-state index in [9.17, 15) is 4.79 Å². The number of amides is 1. The van der Waals surface area contributed by atoms with Crippen LogP contribution in [0.25, 0.3) is 11.0 Å². The molecule has 3 aromatic rings. The number of nitrogens with zero attached hydrogens (tertiary/aromatic N) is 2. The first kappa shape index (κ1) is 12.6. The maximum Gasteiger partial charge on any atom is 0.295 e. The summed E-state index contributed by atoms with van der Waals surface area (Å²) in [5, 5.41) is 12.5. The van der Waals surface area contributed by atoms with Gasteiger partial charge in [-0.3, -0.25) is 10.1 Å². The summed E-state index contributed by atoms with van der Waals surface area (Å²) in [7, 11) is 0. The molecule has 0 aliphatic heterocycles. The van der Waals surface area contributed by atoms with Gasteiger partial charge in [0.2, 0.25) is 10.9 Å². The van der Waals surface area contributed by atoms with Gasteiger partial charge in [0.1, 0.15) is 10.6 Å². The van der Waals surface area contributed by atoms with Gasteiger partial charge in [-0.05, 0) is 18.6 Å². The molecule has 0 aliphatic rings. The van der Waals surface area contributed by atoms with E-state index in [1.807, 2.05) is 25.1 Å². The van der Waals surface area contributed by atoms with Crippen molar-refractivity contribution < 1.29 is 9.21 Å². The number of hydrogen-bond donors (Lipinski definition) is 2. The standard InChI is InChI=1S/C13H12N4O2S/c1-2-9-16-17-13(20-9)15-12(18)11-10(14)7-5-3-4-6-8(7)19-11/h3-6H,2,14H2,1H3,(H,15,17,18). The molecule has 2 aromatic heterocycles. The van der Waals surface area contributed by atoms with E-state index < -0.39 is 5.91 Å². The summed E-state index contributed by atoms with van der Waals surface area (Å²) in [6, 6.07) is 7.24. The molecule has 6 nitrogen and oxygen atoms in total. The molecule has 0 fully saturated rings. The molecule has 0 aliphatic carbocycles. The van der Waals surface area contributed by atoms with Crippen LogP contribution in [-0.2, 0) is 6.42 Å². The van der Waals surface area contributed by atoms with Crippen molar-refractivity contribution in [2.75, 3.05) is 11.1 Å². The lowest BCUT2D eigenvalue weighted by atomic mass is 10.2. The van der Waals surface area contributed by atoms with Crippen LogP contribution in [0.5, 0.6) is 0 Å². The van der Waals surface area contributed by atoms with Gasteiger partial charge in [0.05, 0.1) is 5.69 Å². The number of aryl methyl sites for hydroxylation is 1. The Morgan fingerprint density at radius 2 is 2.20 bits per heavy atom. The van der Waals surface area contributed by atoms with Gasteiger partial charge in [-0.2, -0.15) is 0 Å². The van der Waals surface area contributed by atoms with Crippen LogP contribution in [0.15, 0.2) is 28.7 Å². The molecular weight excluding hydrogens is 276 g/mol. The second kappa shape index (κ2) is 4.93. The summed E-state index contributed by atoms with van der Waals surface area (Å²) in [4.78, 5) is 12.2. The van der Waals surface area contributed by atoms with Gasteiger partial charge in [0.15, 0.2) is 0 Å². The van der Waals surface area contributed by atoms with Gasteiger partial charge >= 0.3 is 0 Å². The summed E-state index contributed by atoms with van der Waals surface area (Å²) in [6.07, 6.45) is 0.778. The highest BCUT2D eigenvalue weighted by atomic mass is 32.1. The molecule has 7 heteroatoms. The van der Waals surface area contributed by atoms with Crippen LogP contribution in [0, 0.1) is 0 Å². The molecule has 0 bridgehead atoms. The van der Waals surface area contributed by atoms with E-state index in [2.05, 4.69) is 15.5 Å². The van der Waals surface area contributed by atoms with Crippen molar-refractivity contribution in [2.45, 2.75) is 13.3 Å². The van der Waals surface area contributed by atoms with Crippen LogP contribution in [0.3, 0.4) is 0 Å². The zero-order valence-corrected chi connectivity index (χ0v) is 11.5. The van der Waals surface area contributed by atoms with Gasteiger partial charge in [-0.25, -0.2) is 0 Å². The first-order valence-corrected chi connectivity index (χ1v) is 6.91. The largest absolute Gasteiger partial charge is 0.449 e. The fourth-order valence-electron chi connectivity index (χ4n) is 1.83. The lowest BCUT2D eigenvalue weighted by molar-refractivity contribution is 0.0999. The number of anilines is 2. The Balaban J connectivity index is 1.90. The molecule has 2 heterocycles. The maximum absolute atomic E-state index is 12.2. The lowest BCUT2D eigenvalue weighted by Crippen LogP contribution is -2.12. The number of carbonyl (C=O) groups is 1. The predicted octanol–water partition coefficient (Wildman–Crippen LogP) is 2.68. The van der Waals surface area contributed by atoms with Gasteiger partial charge in [0.25, 0.3) is 5.91 Å². The van der Waals surface area contributed by atoms with Crippen molar-refractivity contribution in [2.24, 2.45) is 0 Å². The highest BCUT2D eigenvalue weighted by Crippen LogP contribution is 2.28. The Hall–Kier alpha value is -2.41. The Labute approximate surface area is 118 Å². The summed E-state index contributed by atoms with van der Waals surface area (Å²) in [5.74, 6) is -0.322. The van der Waals surface area contributed by atoms with Crippen molar-refractivity contribution in [1.82, 2.24) is 10.2 Å². The minimum atomic E-state index is -0.419. The highest BCUT2D eigenvalue weighted by molar-refractivity contribution is 7.15. The molecule has 1 aromatic carbocycles. The summed E-state index contributed by atoms with van der Waals surface area (Å²) < 4.78 is 5.49. The minimum Gasteiger partial charge on any atom is -0.449 e. The number of aromatic nitrogens is 2. The van der Waals surface area contributed by atoms with E-state index >= 15 is 0 Å². The Morgan fingerprint density at radius 1 is 1.40 bits per heavy atom. The second-order valence-electron chi connectivity index (χ2n) is 4.15. The molecule has 0 atom stereocenters. The molecule has 0 radical (unpaired) electrons. The molecule has 20 heavy (non-hydrogen) atoms. The van der Waals surface area contributed by atoms with E-state index in [-0.39, 0.29) is 5.76 Å². The van der Waals surface area contributed by atoms with Crippen molar-refractivity contribution in [3.8, 4) is 0 Å². The van der Waals surface area contributed by atoms with Crippen LogP contribution >= 0.6 is 11.3 Å². The lowest BCUT2D eigenvalue weighted by Gasteiger charge is -1.98. The number of benzene rings is 1. The van der Waals surface area contributed by atoms with Crippen LogP contribution in [-0.4, -0.2) is 16.1 Å². The van der Waals surface area contributed by atoms with E-state index in [4.69, 9.17) is 10.2 Å². The third kappa shape index (κ3) is 2.12. The molecule has 0 spiro atoms. The quantitative estimate of drug-likeness (QED) is 0.772. The maximum atomic E-state index is 12.2. The normalized spacial score (nSPS) is 10.8. The fourth-order valence-corrected chi connectivity index (χ4v) is 2.51. The number of nitrogens with two attached hydrogens (primary N) is 1. The Kier molecular flexibility index (Phi) is 3.11. The van der Waals surface area contributed by atoms with Crippen LogP contribution < -0.4 is 11.1 Å². The Morgan fingerprint density at radius 3 is 2.90 bits per heavy atom. The molecule has 3 rings (SSSR count). The van der Waals surface area contributed by atoms with Crippen molar-refractivity contribution in [3.63, 3.8) is 0 Å². The zero-order valence-electron chi connectivity index (χ0n) is 10.7. The molecule has 102 valence electrons. The number of hydrogen-bond acceptors (Lipinski definition) is 6. The monoisotopic (exact) mass is 288 g/mol. The van der Waals surface area contributed by atoms with Crippen LogP contribution in [0.2, 0.25) is 0 Å². The number of furan rings is 1. The summed E-state index contributed by atoms with van der Waals surface area (Å²) in [6.45, 7) is 1.98. The van der Waals surface area contributed by atoms with Crippen molar-refractivity contribution in [3.05, 3.63) is 35.0 Å². The van der Waals surface area contributed by atoms with E-state index in [0.717, 1.165) is 16.8 Å². The van der Waals surface area contributed by atoms with Crippen molar-refractivity contribution in [1.29, 1.82) is 0 Å². The fraction of sp³-hybridized carbons (Fsp3) is 0.154. The summed E-state index contributed by atoms with van der Waals surface area (Å²) in [5.41, 5.74) is 6.85. The van der Waals surface area contributed by atoms with Crippen molar-refractivity contribution >= 4 is 39.0 Å². The first-order valence-electron chi connectivity index (χ1n) is 6.09. The van der Waals surface area contributed by atoms with Gasteiger partial charge in [-0.15, -0.1) is 10.2 Å². The molecule has 3 N–H and O–H groups in total. The number of para-hydroxylation sites is 1. The summed E-state index contributed by atoms with van der Waals surface area (Å²) >= 11 is 1.33. The van der Waals surface area contributed by atoms with E-state index in [1.54, 1.807) is 6.07 Å². The van der Waals surface area contributed by atoms with E-state index in [0.29, 0.717) is 16.4 Å². The first-order chi connectivity index (χ1) is 9.69. The molecule has 1 amide bonds. The topological polar surface area (TPSA) is 94.0 Å². The minimum absolute atomic E-state index is 0.0967. The molecule has 0 unspecified atom stereocenters. The van der Waals surface area contributed by atoms with Gasteiger partial charge < -0.3 is 10.2 Å². The average molecular weight is 288 g/mol. The van der Waals surface area contributed by atoms with Gasteiger partial charge in [0, 0.05) is 5.39 Å². The molecule has 0 saturated heterocycles. The highest BCUT2D eigenvalue weighted by Gasteiger charge is 2.19. The number of nitrogen functional groups attached to an aromatic ring is 1. The predicted molar refractivity (Wildman–Crippen MR) is 77.9 cm³/mol. The number of carbonyl (C=O) groups excluding carboxylic acids is 1. The van der Waals surface area contributed by atoms with Gasteiger partial charge in [-0.1, -0.05) is 30.4 Å². The smallest absolute Gasteiger partial charge is 0.295 e. The van der Waals surface area contributed by atoms with Crippen LogP contribution in [0.1, 0.15) is 22.5 Å². The average Bonchev–Trinajstić information content (AvgIpc) is 3.04. The zero-order chi connectivity index (χ0) is 14.1. The second-order valence-corrected chi connectivity index (χ2v) is 5.21. The third-order valence-corrected chi connectivity index (χ3v) is 3.81. The number of rotatable bonds is 3. The third-order valence-electron chi connectivity index (χ3n) is 2.83. The van der Waals surface area contributed by atoms with Crippen LogP contribution in [0.4, 0.5) is 10.8 Å². The molecule has 0 saturated carbocycles. The number of fused-ring (bicyclic) bond motifs is 1. The molecular formula is C13H12N4O2S.